The molecule has 5 rings (SSSR count). The molecule has 0 spiro atoms. The van der Waals surface area contributed by atoms with E-state index < -0.39 is 24.2 Å². The highest BCUT2D eigenvalue weighted by Crippen LogP contribution is 2.43. The van der Waals surface area contributed by atoms with Gasteiger partial charge in [-0.05, 0) is 39.7 Å². The van der Waals surface area contributed by atoms with Crippen molar-refractivity contribution in [1.82, 2.24) is 15.0 Å². The molecule has 1 aliphatic heterocycles. The normalized spacial score (nSPS) is 23.8. The van der Waals surface area contributed by atoms with Crippen LogP contribution in [0, 0.1) is 26.7 Å². The first kappa shape index (κ1) is 27.1. The Hall–Kier alpha value is -3.47. The summed E-state index contributed by atoms with van der Waals surface area (Å²) in [7, 11) is 0. The molecule has 208 valence electrons. The van der Waals surface area contributed by atoms with Gasteiger partial charge in [-0.3, -0.25) is 0 Å². The SMILES string of the molecule is CCOc1cc2c(c(C)n1)OC(c1c(C)nc(NCc3ccc(C)cc3)nc1N[C@@H]1C[C@H](CO)[C@@H](O)[C@H]1O)C2. The maximum atomic E-state index is 10.7. The molecule has 5 N–H and O–H groups in total. The molecule has 1 unspecified atom stereocenters. The van der Waals surface area contributed by atoms with Gasteiger partial charge >= 0.3 is 0 Å². The molecule has 10 heteroatoms. The Morgan fingerprint density at radius 1 is 1.03 bits per heavy atom. The van der Waals surface area contributed by atoms with Crippen molar-refractivity contribution in [2.24, 2.45) is 5.92 Å². The molecule has 10 nitrogen and oxygen atoms in total. The Labute approximate surface area is 228 Å². The monoisotopic (exact) mass is 535 g/mol. The first-order chi connectivity index (χ1) is 18.8. The number of nitrogens with zero attached hydrogens (tertiary/aromatic N) is 3. The third-order valence-electron chi connectivity index (χ3n) is 7.54. The van der Waals surface area contributed by atoms with Gasteiger partial charge in [-0.25, -0.2) is 9.97 Å². The van der Waals surface area contributed by atoms with Crippen LogP contribution < -0.4 is 20.1 Å². The second kappa shape index (κ2) is 11.3. The van der Waals surface area contributed by atoms with Crippen LogP contribution in [0.15, 0.2) is 30.3 Å². The average Bonchev–Trinajstić information content (AvgIpc) is 3.45. The number of aromatic nitrogens is 3. The third-order valence-corrected chi connectivity index (χ3v) is 7.54. The van der Waals surface area contributed by atoms with E-state index >= 15 is 0 Å². The average molecular weight is 536 g/mol. The number of hydrogen-bond acceptors (Lipinski definition) is 10. The number of aliphatic hydroxyl groups is 3. The number of rotatable bonds is 9. The molecule has 1 fully saturated rings. The van der Waals surface area contributed by atoms with Gasteiger partial charge in [0, 0.05) is 37.1 Å². The molecular weight excluding hydrogens is 498 g/mol. The molecule has 0 saturated heterocycles. The first-order valence-electron chi connectivity index (χ1n) is 13.5. The van der Waals surface area contributed by atoms with Crippen LogP contribution in [0.1, 0.15) is 53.1 Å². The van der Waals surface area contributed by atoms with Gasteiger partial charge in [-0.2, -0.15) is 4.98 Å². The highest BCUT2D eigenvalue weighted by molar-refractivity contribution is 5.56. The summed E-state index contributed by atoms with van der Waals surface area (Å²) in [6, 6.07) is 9.66. The lowest BCUT2D eigenvalue weighted by Gasteiger charge is -2.24. The quantitative estimate of drug-likeness (QED) is 0.278. The summed E-state index contributed by atoms with van der Waals surface area (Å²) in [5.41, 5.74) is 5.56. The second-order valence-corrected chi connectivity index (χ2v) is 10.4. The van der Waals surface area contributed by atoms with E-state index in [1.54, 1.807) is 0 Å². The minimum atomic E-state index is -1.05. The molecule has 2 aliphatic rings. The van der Waals surface area contributed by atoms with Crippen molar-refractivity contribution in [2.45, 2.75) is 71.4 Å². The standard InChI is InChI=1S/C29H37N5O5/c1-5-38-23-12-19-11-22(39-27(19)17(4)31-23)24-16(3)32-29(30-13-18-8-6-15(2)7-9-18)34-28(24)33-21-10-20(14-35)25(36)26(21)37/h6-9,12,20-22,25-26,35-37H,5,10-11,13-14H2,1-4H3,(H2,30,32,33,34)/t20-,21-,22?,25-,26+/m1/s1. The lowest BCUT2D eigenvalue weighted by Crippen LogP contribution is -2.36. The van der Waals surface area contributed by atoms with Crippen LogP contribution in [-0.2, 0) is 13.0 Å². The van der Waals surface area contributed by atoms with Crippen LogP contribution in [0.2, 0.25) is 0 Å². The zero-order valence-corrected chi connectivity index (χ0v) is 22.8. The molecule has 5 atom stereocenters. The molecule has 1 saturated carbocycles. The molecule has 0 amide bonds. The van der Waals surface area contributed by atoms with Crippen LogP contribution in [0.3, 0.4) is 0 Å². The summed E-state index contributed by atoms with van der Waals surface area (Å²) in [4.78, 5) is 14.1. The van der Waals surface area contributed by atoms with Gasteiger partial charge in [0.25, 0.3) is 0 Å². The van der Waals surface area contributed by atoms with Gasteiger partial charge < -0.3 is 35.4 Å². The van der Waals surface area contributed by atoms with Gasteiger partial charge in [0.05, 0.1) is 35.7 Å². The minimum Gasteiger partial charge on any atom is -0.483 e. The number of anilines is 2. The maximum Gasteiger partial charge on any atom is 0.225 e. The Kier molecular flexibility index (Phi) is 7.88. The Morgan fingerprint density at radius 2 is 1.79 bits per heavy atom. The fourth-order valence-electron chi connectivity index (χ4n) is 5.44. The highest BCUT2D eigenvalue weighted by atomic mass is 16.5. The predicted molar refractivity (Wildman–Crippen MR) is 147 cm³/mol. The smallest absolute Gasteiger partial charge is 0.225 e. The molecular formula is C29H37N5O5. The number of pyridine rings is 1. The zero-order valence-electron chi connectivity index (χ0n) is 22.8. The van der Waals surface area contributed by atoms with E-state index in [0.29, 0.717) is 43.6 Å². The van der Waals surface area contributed by atoms with Crippen LogP contribution >= 0.6 is 0 Å². The van der Waals surface area contributed by atoms with E-state index in [4.69, 9.17) is 19.4 Å². The van der Waals surface area contributed by atoms with Gasteiger partial charge in [0.2, 0.25) is 11.8 Å². The maximum absolute atomic E-state index is 10.7. The van der Waals surface area contributed by atoms with E-state index in [1.807, 2.05) is 26.8 Å². The van der Waals surface area contributed by atoms with E-state index in [0.717, 1.165) is 33.8 Å². The fraction of sp³-hybridized carbons (Fsp3) is 0.483. The van der Waals surface area contributed by atoms with Crippen LogP contribution in [0.25, 0.3) is 0 Å². The number of hydrogen-bond donors (Lipinski definition) is 5. The van der Waals surface area contributed by atoms with Crippen LogP contribution in [-0.4, -0.2) is 61.7 Å². The lowest BCUT2D eigenvalue weighted by molar-refractivity contribution is 0.00444. The van der Waals surface area contributed by atoms with Crippen molar-refractivity contribution in [1.29, 1.82) is 0 Å². The summed E-state index contributed by atoms with van der Waals surface area (Å²) in [5.74, 6) is 1.85. The summed E-state index contributed by atoms with van der Waals surface area (Å²) in [6.07, 6.45) is -1.45. The second-order valence-electron chi connectivity index (χ2n) is 10.4. The summed E-state index contributed by atoms with van der Waals surface area (Å²) >= 11 is 0. The predicted octanol–water partition coefficient (Wildman–Crippen LogP) is 3.00. The topological polar surface area (TPSA) is 142 Å². The van der Waals surface area contributed by atoms with E-state index in [9.17, 15) is 15.3 Å². The molecule has 39 heavy (non-hydrogen) atoms. The number of nitrogens with one attached hydrogen (secondary N) is 2. The molecule has 0 bridgehead atoms. The Morgan fingerprint density at radius 3 is 2.49 bits per heavy atom. The van der Waals surface area contributed by atoms with Crippen molar-refractivity contribution in [3.8, 4) is 11.6 Å². The number of fused-ring (bicyclic) bond motifs is 1. The van der Waals surface area contributed by atoms with E-state index in [-0.39, 0.29) is 12.7 Å². The van der Waals surface area contributed by atoms with Gasteiger partial charge in [0.1, 0.15) is 23.8 Å². The molecule has 2 aromatic heterocycles. The number of benzene rings is 1. The molecule has 1 aliphatic carbocycles. The molecule has 3 heterocycles. The van der Waals surface area contributed by atoms with Crippen LogP contribution in [0.4, 0.5) is 11.8 Å². The Balaban J connectivity index is 1.46. The summed E-state index contributed by atoms with van der Waals surface area (Å²) in [5, 5.41) is 37.5. The lowest BCUT2D eigenvalue weighted by atomic mass is 10.0. The third kappa shape index (κ3) is 5.63. The van der Waals surface area contributed by atoms with Crippen molar-refractivity contribution in [3.05, 3.63) is 64.0 Å². The summed E-state index contributed by atoms with van der Waals surface area (Å²) in [6.45, 7) is 8.66. The first-order valence-corrected chi connectivity index (χ1v) is 13.5. The van der Waals surface area contributed by atoms with E-state index in [2.05, 4.69) is 46.8 Å². The number of aliphatic hydroxyl groups excluding tert-OH is 3. The largest absolute Gasteiger partial charge is 0.483 e. The van der Waals surface area contributed by atoms with Crippen LogP contribution in [0.5, 0.6) is 11.6 Å². The van der Waals surface area contributed by atoms with Crippen molar-refractivity contribution in [3.63, 3.8) is 0 Å². The number of ether oxygens (including phenoxy) is 2. The van der Waals surface area contributed by atoms with Crippen molar-refractivity contribution < 1.29 is 24.8 Å². The number of aryl methyl sites for hydroxylation is 3. The van der Waals surface area contributed by atoms with E-state index in [1.165, 1.54) is 5.56 Å². The zero-order chi connectivity index (χ0) is 27.7. The fourth-order valence-corrected chi connectivity index (χ4v) is 5.44. The van der Waals surface area contributed by atoms with Crippen molar-refractivity contribution in [2.75, 3.05) is 23.8 Å². The van der Waals surface area contributed by atoms with Gasteiger partial charge in [-0.1, -0.05) is 29.8 Å². The van der Waals surface area contributed by atoms with Gasteiger partial charge in [0.15, 0.2) is 0 Å². The minimum absolute atomic E-state index is 0.203. The van der Waals surface area contributed by atoms with Gasteiger partial charge in [-0.15, -0.1) is 0 Å². The molecule has 1 aromatic carbocycles. The molecule has 0 radical (unpaired) electrons. The highest BCUT2D eigenvalue weighted by Gasteiger charge is 2.42. The summed E-state index contributed by atoms with van der Waals surface area (Å²) < 4.78 is 12.0. The molecule has 3 aromatic rings. The van der Waals surface area contributed by atoms with Crippen molar-refractivity contribution >= 4 is 11.8 Å². The Bertz CT molecular complexity index is 1320.